The van der Waals surface area contributed by atoms with E-state index < -0.39 is 0 Å². The highest BCUT2D eigenvalue weighted by Crippen LogP contribution is 2.29. The van der Waals surface area contributed by atoms with Gasteiger partial charge >= 0.3 is 11.9 Å². The maximum absolute atomic E-state index is 11.9. The molecule has 1 aromatic rings. The zero-order valence-corrected chi connectivity index (χ0v) is 14.7. The van der Waals surface area contributed by atoms with Crippen molar-refractivity contribution in [3.8, 4) is 11.5 Å². The smallest absolute Gasteiger partial charge is 0.311 e. The van der Waals surface area contributed by atoms with E-state index in [2.05, 4.69) is 6.92 Å². The molecule has 0 amide bonds. The fraction of sp³-hybridized carbons (Fsp3) is 0.579. The standard InChI is InChI=1S/C19H28O4/c1-5-6-7-8-13-17(20)22-15-11-9-10-12-16(15)23-18(21)14-19(2,3)4/h9-12H,5-8,13-14H2,1-4H3. The summed E-state index contributed by atoms with van der Waals surface area (Å²) in [7, 11) is 0. The molecule has 0 saturated carbocycles. The summed E-state index contributed by atoms with van der Waals surface area (Å²) in [6.45, 7) is 8.03. The Bertz CT molecular complexity index is 514. The van der Waals surface area contributed by atoms with Crippen molar-refractivity contribution in [2.45, 2.75) is 66.2 Å². The number of esters is 2. The van der Waals surface area contributed by atoms with E-state index in [0.29, 0.717) is 24.3 Å². The molecule has 0 aliphatic rings. The third-order valence-electron chi connectivity index (χ3n) is 3.21. The fourth-order valence-corrected chi connectivity index (χ4v) is 2.08. The van der Waals surface area contributed by atoms with E-state index >= 15 is 0 Å². The van der Waals surface area contributed by atoms with Crippen molar-refractivity contribution < 1.29 is 19.1 Å². The van der Waals surface area contributed by atoms with Gasteiger partial charge in [0.2, 0.25) is 0 Å². The van der Waals surface area contributed by atoms with Crippen molar-refractivity contribution >= 4 is 11.9 Å². The highest BCUT2D eigenvalue weighted by atomic mass is 16.6. The van der Waals surface area contributed by atoms with Crippen LogP contribution in [0.2, 0.25) is 0 Å². The summed E-state index contributed by atoms with van der Waals surface area (Å²) >= 11 is 0. The Balaban J connectivity index is 2.59. The largest absolute Gasteiger partial charge is 0.423 e. The van der Waals surface area contributed by atoms with Crippen molar-refractivity contribution in [3.05, 3.63) is 24.3 Å². The molecule has 23 heavy (non-hydrogen) atoms. The van der Waals surface area contributed by atoms with Gasteiger partial charge in [0.05, 0.1) is 6.42 Å². The minimum atomic E-state index is -0.330. The normalized spacial score (nSPS) is 11.1. The average Bonchev–Trinajstić information content (AvgIpc) is 2.44. The molecule has 0 aliphatic carbocycles. The molecule has 0 aliphatic heterocycles. The van der Waals surface area contributed by atoms with Crippen LogP contribution >= 0.6 is 0 Å². The number of ether oxygens (including phenoxy) is 2. The van der Waals surface area contributed by atoms with Crippen molar-refractivity contribution in [1.82, 2.24) is 0 Å². The van der Waals surface area contributed by atoms with Gasteiger partial charge < -0.3 is 9.47 Å². The summed E-state index contributed by atoms with van der Waals surface area (Å²) < 4.78 is 10.7. The van der Waals surface area contributed by atoms with Crippen molar-refractivity contribution in [3.63, 3.8) is 0 Å². The van der Waals surface area contributed by atoms with Gasteiger partial charge in [-0.05, 0) is 24.0 Å². The number of benzene rings is 1. The number of unbranched alkanes of at least 4 members (excludes halogenated alkanes) is 3. The molecule has 0 N–H and O–H groups in total. The van der Waals surface area contributed by atoms with E-state index in [9.17, 15) is 9.59 Å². The lowest BCUT2D eigenvalue weighted by atomic mass is 9.92. The van der Waals surface area contributed by atoms with Gasteiger partial charge in [-0.2, -0.15) is 0 Å². The second kappa shape index (κ2) is 9.33. The molecule has 0 fully saturated rings. The zero-order valence-electron chi connectivity index (χ0n) is 14.7. The molecule has 0 spiro atoms. The third kappa shape index (κ3) is 8.38. The molecule has 0 heterocycles. The van der Waals surface area contributed by atoms with Crippen LogP contribution in [0.25, 0.3) is 0 Å². The zero-order chi connectivity index (χ0) is 17.3. The minimum Gasteiger partial charge on any atom is -0.423 e. The molecule has 0 atom stereocenters. The van der Waals surface area contributed by atoms with Crippen LogP contribution in [0.1, 0.15) is 66.2 Å². The maximum atomic E-state index is 11.9. The molecule has 0 aromatic heterocycles. The van der Waals surface area contributed by atoms with Gasteiger partial charge in [0, 0.05) is 6.42 Å². The van der Waals surface area contributed by atoms with Crippen LogP contribution in [0, 0.1) is 5.41 Å². The van der Waals surface area contributed by atoms with Gasteiger partial charge in [-0.3, -0.25) is 9.59 Å². The minimum absolute atomic E-state index is 0.151. The van der Waals surface area contributed by atoms with Crippen molar-refractivity contribution in [2.75, 3.05) is 0 Å². The van der Waals surface area contributed by atoms with E-state index in [1.54, 1.807) is 24.3 Å². The van der Waals surface area contributed by atoms with Crippen LogP contribution in [-0.4, -0.2) is 11.9 Å². The van der Waals surface area contributed by atoms with E-state index in [-0.39, 0.29) is 17.4 Å². The van der Waals surface area contributed by atoms with Crippen molar-refractivity contribution in [2.24, 2.45) is 5.41 Å². The molecule has 1 aromatic carbocycles. The maximum Gasteiger partial charge on any atom is 0.311 e. The Hall–Kier alpha value is -1.84. The first-order chi connectivity index (χ1) is 10.8. The number of rotatable bonds is 8. The Kier molecular flexibility index (Phi) is 7.79. The highest BCUT2D eigenvalue weighted by molar-refractivity contribution is 5.76. The summed E-state index contributed by atoms with van der Waals surface area (Å²) in [6.07, 6.45) is 4.76. The first kappa shape index (κ1) is 19.2. The second-order valence-electron chi connectivity index (χ2n) is 6.94. The van der Waals surface area contributed by atoms with Gasteiger partial charge in [-0.1, -0.05) is 59.1 Å². The van der Waals surface area contributed by atoms with Gasteiger partial charge in [0.1, 0.15) is 0 Å². The second-order valence-corrected chi connectivity index (χ2v) is 6.94. The molecule has 1 rings (SSSR count). The molecule has 128 valence electrons. The number of hydrogen-bond donors (Lipinski definition) is 0. The first-order valence-corrected chi connectivity index (χ1v) is 8.32. The molecule has 4 heteroatoms. The van der Waals surface area contributed by atoms with E-state index in [0.717, 1.165) is 25.7 Å². The number of para-hydroxylation sites is 2. The van der Waals surface area contributed by atoms with Crippen LogP contribution in [-0.2, 0) is 9.59 Å². The summed E-state index contributed by atoms with van der Waals surface area (Å²) in [5.74, 6) is -0.0247. The van der Waals surface area contributed by atoms with Crippen LogP contribution in [0.15, 0.2) is 24.3 Å². The lowest BCUT2D eigenvalue weighted by Crippen LogP contribution is -2.18. The molecular weight excluding hydrogens is 292 g/mol. The van der Waals surface area contributed by atoms with E-state index in [4.69, 9.17) is 9.47 Å². The predicted molar refractivity (Wildman–Crippen MR) is 90.5 cm³/mol. The first-order valence-electron chi connectivity index (χ1n) is 8.32. The topological polar surface area (TPSA) is 52.6 Å². The van der Waals surface area contributed by atoms with Crippen LogP contribution in [0.5, 0.6) is 11.5 Å². The lowest BCUT2D eigenvalue weighted by molar-refractivity contribution is -0.138. The Morgan fingerprint density at radius 3 is 2.00 bits per heavy atom. The average molecular weight is 320 g/mol. The SMILES string of the molecule is CCCCCCC(=O)Oc1ccccc1OC(=O)CC(C)(C)C. The summed E-state index contributed by atoms with van der Waals surface area (Å²) in [5.41, 5.74) is -0.151. The van der Waals surface area contributed by atoms with Crippen LogP contribution in [0.3, 0.4) is 0 Å². The highest BCUT2D eigenvalue weighted by Gasteiger charge is 2.19. The van der Waals surface area contributed by atoms with Gasteiger partial charge in [-0.15, -0.1) is 0 Å². The number of carbonyl (C=O) groups excluding carboxylic acids is 2. The Labute approximate surface area is 139 Å². The molecular formula is C19H28O4. The monoisotopic (exact) mass is 320 g/mol. The van der Waals surface area contributed by atoms with Crippen LogP contribution in [0.4, 0.5) is 0 Å². The third-order valence-corrected chi connectivity index (χ3v) is 3.21. The lowest BCUT2D eigenvalue weighted by Gasteiger charge is -2.17. The predicted octanol–water partition coefficient (Wildman–Crippen LogP) is 4.90. The number of hydrogen-bond acceptors (Lipinski definition) is 4. The van der Waals surface area contributed by atoms with Crippen molar-refractivity contribution in [1.29, 1.82) is 0 Å². The molecule has 0 radical (unpaired) electrons. The number of carbonyl (C=O) groups is 2. The summed E-state index contributed by atoms with van der Waals surface area (Å²) in [5, 5.41) is 0. The fourth-order valence-electron chi connectivity index (χ4n) is 2.08. The molecule has 0 saturated heterocycles. The Morgan fingerprint density at radius 2 is 1.48 bits per heavy atom. The summed E-state index contributed by atoms with van der Waals surface area (Å²) in [4.78, 5) is 23.8. The van der Waals surface area contributed by atoms with E-state index in [1.807, 2.05) is 20.8 Å². The van der Waals surface area contributed by atoms with Gasteiger partial charge in [-0.25, -0.2) is 0 Å². The quantitative estimate of drug-likeness (QED) is 0.388. The Morgan fingerprint density at radius 1 is 0.913 bits per heavy atom. The molecule has 4 nitrogen and oxygen atoms in total. The van der Waals surface area contributed by atoms with Gasteiger partial charge in [0.25, 0.3) is 0 Å². The molecule has 0 bridgehead atoms. The molecule has 0 unspecified atom stereocenters. The van der Waals surface area contributed by atoms with Crippen LogP contribution < -0.4 is 9.47 Å². The summed E-state index contributed by atoms with van der Waals surface area (Å²) in [6, 6.07) is 6.78. The van der Waals surface area contributed by atoms with E-state index in [1.165, 1.54) is 0 Å². The van der Waals surface area contributed by atoms with Gasteiger partial charge in [0.15, 0.2) is 11.5 Å².